The predicted molar refractivity (Wildman–Crippen MR) is 92.9 cm³/mol. The first-order chi connectivity index (χ1) is 13.2. The van der Waals surface area contributed by atoms with Crippen LogP contribution in [-0.2, 0) is 6.18 Å². The number of nitrogens with zero attached hydrogens (tertiary/aromatic N) is 1. The molecule has 0 saturated heterocycles. The molecule has 0 bridgehead atoms. The number of ether oxygens (including phenoxy) is 1. The van der Waals surface area contributed by atoms with Crippen molar-refractivity contribution >= 4 is 5.91 Å². The van der Waals surface area contributed by atoms with E-state index < -0.39 is 41.9 Å². The van der Waals surface area contributed by atoms with E-state index >= 15 is 0 Å². The number of benzene rings is 1. The Hall–Kier alpha value is -2.65. The maximum Gasteiger partial charge on any atom is 0.433 e. The van der Waals surface area contributed by atoms with Crippen molar-refractivity contribution in [1.29, 1.82) is 0 Å². The maximum absolute atomic E-state index is 12.7. The quantitative estimate of drug-likeness (QED) is 0.737. The van der Waals surface area contributed by atoms with E-state index in [0.717, 1.165) is 12.3 Å². The highest BCUT2D eigenvalue weighted by Crippen LogP contribution is 2.36. The lowest BCUT2D eigenvalue weighted by atomic mass is 9.94. The van der Waals surface area contributed by atoms with Gasteiger partial charge in [-0.2, -0.15) is 13.2 Å². The number of hydrogen-bond acceptors (Lipinski definition) is 5. The Bertz CT molecular complexity index is 825. The highest BCUT2D eigenvalue weighted by molar-refractivity contribution is 5.94. The number of methoxy groups -OCH3 is 1. The lowest BCUT2D eigenvalue weighted by Gasteiger charge is -2.24. The van der Waals surface area contributed by atoms with Crippen molar-refractivity contribution in [2.45, 2.75) is 36.8 Å². The number of alkyl halides is 3. The number of aliphatic hydroxyl groups is 2. The smallest absolute Gasteiger partial charge is 0.433 e. The zero-order chi connectivity index (χ0) is 20.5. The number of halogens is 3. The van der Waals surface area contributed by atoms with Crippen molar-refractivity contribution < 1.29 is 32.9 Å². The zero-order valence-corrected chi connectivity index (χ0v) is 14.8. The predicted octanol–water partition coefficient (Wildman–Crippen LogP) is 2.12. The van der Waals surface area contributed by atoms with Gasteiger partial charge in [0.15, 0.2) is 0 Å². The van der Waals surface area contributed by atoms with E-state index in [1.54, 1.807) is 24.3 Å². The molecule has 3 rings (SSSR count). The number of pyridine rings is 1. The fourth-order valence-corrected chi connectivity index (χ4v) is 3.32. The zero-order valence-electron chi connectivity index (χ0n) is 14.8. The summed E-state index contributed by atoms with van der Waals surface area (Å²) in [4.78, 5) is 15.9. The molecule has 28 heavy (non-hydrogen) atoms. The summed E-state index contributed by atoms with van der Waals surface area (Å²) in [5, 5.41) is 22.9. The minimum Gasteiger partial charge on any atom is -0.497 e. The number of aromatic nitrogens is 1. The second-order valence-electron chi connectivity index (χ2n) is 6.60. The van der Waals surface area contributed by atoms with Gasteiger partial charge >= 0.3 is 6.18 Å². The first-order valence-electron chi connectivity index (χ1n) is 8.55. The first-order valence-corrected chi connectivity index (χ1v) is 8.55. The first kappa shape index (κ1) is 20.1. The summed E-state index contributed by atoms with van der Waals surface area (Å²) in [6.07, 6.45) is -5.79. The van der Waals surface area contributed by atoms with E-state index in [1.165, 1.54) is 13.2 Å². The van der Waals surface area contributed by atoms with Crippen LogP contribution in [0.3, 0.4) is 0 Å². The Kier molecular flexibility index (Phi) is 5.57. The largest absolute Gasteiger partial charge is 0.497 e. The molecule has 1 aliphatic carbocycles. The topological polar surface area (TPSA) is 91.7 Å². The van der Waals surface area contributed by atoms with E-state index in [-0.39, 0.29) is 6.42 Å². The second-order valence-corrected chi connectivity index (χ2v) is 6.60. The summed E-state index contributed by atoms with van der Waals surface area (Å²) in [5.74, 6) is -0.491. The number of amides is 1. The maximum atomic E-state index is 12.7. The van der Waals surface area contributed by atoms with E-state index in [1.807, 2.05) is 0 Å². The fraction of sp³-hybridized carbons (Fsp3) is 0.368. The average Bonchev–Trinajstić information content (AvgIpc) is 2.96. The molecule has 1 amide bonds. The minimum absolute atomic E-state index is 0.0851. The van der Waals surface area contributed by atoms with Gasteiger partial charge in [0.25, 0.3) is 5.91 Å². The monoisotopic (exact) mass is 396 g/mol. The van der Waals surface area contributed by atoms with Gasteiger partial charge in [-0.15, -0.1) is 0 Å². The van der Waals surface area contributed by atoms with Crippen molar-refractivity contribution in [1.82, 2.24) is 10.3 Å². The molecule has 150 valence electrons. The number of carbonyl (C=O) groups excluding carboxylic acids is 1. The third-order valence-corrected chi connectivity index (χ3v) is 4.85. The number of nitrogens with one attached hydrogen (secondary N) is 1. The summed E-state index contributed by atoms with van der Waals surface area (Å²) < 4.78 is 43.1. The number of carbonyl (C=O) groups is 1. The molecule has 1 aliphatic rings. The van der Waals surface area contributed by atoms with Crippen LogP contribution in [0, 0.1) is 0 Å². The van der Waals surface area contributed by atoms with Gasteiger partial charge in [-0.25, -0.2) is 0 Å². The average molecular weight is 396 g/mol. The molecule has 1 fully saturated rings. The summed E-state index contributed by atoms with van der Waals surface area (Å²) in [6.45, 7) is 0. The molecule has 0 unspecified atom stereocenters. The molecular weight excluding hydrogens is 377 g/mol. The standard InChI is InChI=1S/C19H19F3N2O4/c1-28-12-5-2-10(3-6-12)18(27)24-16-13(8-14(25)17(16)26)11-4-7-15(23-9-11)19(20,21)22/h2-7,9,13-14,16-17,25-26H,8H2,1H3,(H,24,27)/t13-,14-,16-,17-/m1/s1. The lowest BCUT2D eigenvalue weighted by molar-refractivity contribution is -0.141. The number of rotatable bonds is 4. The molecule has 0 aliphatic heterocycles. The molecule has 1 heterocycles. The summed E-state index contributed by atoms with van der Waals surface area (Å²) in [6, 6.07) is 7.51. The molecule has 6 nitrogen and oxygen atoms in total. The molecule has 0 spiro atoms. The van der Waals surface area contributed by atoms with Crippen molar-refractivity contribution in [3.8, 4) is 5.75 Å². The molecule has 1 aromatic carbocycles. The normalized spacial score (nSPS) is 24.8. The lowest BCUT2D eigenvalue weighted by Crippen LogP contribution is -2.45. The van der Waals surface area contributed by atoms with Crippen LogP contribution < -0.4 is 10.1 Å². The van der Waals surface area contributed by atoms with Crippen LogP contribution in [0.2, 0.25) is 0 Å². The Morgan fingerprint density at radius 1 is 1.18 bits per heavy atom. The van der Waals surface area contributed by atoms with Gasteiger partial charge in [-0.3, -0.25) is 9.78 Å². The van der Waals surface area contributed by atoms with Crippen LogP contribution in [0.25, 0.3) is 0 Å². The van der Waals surface area contributed by atoms with Crippen LogP contribution in [0.4, 0.5) is 13.2 Å². The Morgan fingerprint density at radius 2 is 1.86 bits per heavy atom. The number of aliphatic hydroxyl groups excluding tert-OH is 2. The third kappa shape index (κ3) is 4.10. The number of hydrogen-bond donors (Lipinski definition) is 3. The van der Waals surface area contributed by atoms with Crippen molar-refractivity contribution in [3.63, 3.8) is 0 Å². The molecule has 1 saturated carbocycles. The van der Waals surface area contributed by atoms with E-state index in [4.69, 9.17) is 4.74 Å². The van der Waals surface area contributed by atoms with Gasteiger partial charge < -0.3 is 20.3 Å². The van der Waals surface area contributed by atoms with Crippen LogP contribution in [0.1, 0.15) is 34.0 Å². The SMILES string of the molecule is COc1ccc(C(=O)N[C@H]2[C@H](O)[C@H](O)C[C@@H]2c2ccc(C(F)(F)F)nc2)cc1. The van der Waals surface area contributed by atoms with Gasteiger partial charge in [-0.05, 0) is 42.3 Å². The van der Waals surface area contributed by atoms with Gasteiger partial charge in [0.1, 0.15) is 17.5 Å². The van der Waals surface area contributed by atoms with Gasteiger partial charge in [0.2, 0.25) is 0 Å². The summed E-state index contributed by atoms with van der Waals surface area (Å²) >= 11 is 0. The van der Waals surface area contributed by atoms with Crippen LogP contribution in [0.5, 0.6) is 5.75 Å². The summed E-state index contributed by atoms with van der Waals surface area (Å²) in [7, 11) is 1.49. The molecule has 1 aromatic heterocycles. The van der Waals surface area contributed by atoms with E-state index in [9.17, 15) is 28.2 Å². The molecule has 2 aromatic rings. The molecule has 4 atom stereocenters. The van der Waals surface area contributed by atoms with Gasteiger partial charge in [0, 0.05) is 17.7 Å². The van der Waals surface area contributed by atoms with E-state index in [0.29, 0.717) is 16.9 Å². The second kappa shape index (κ2) is 7.76. The third-order valence-electron chi connectivity index (χ3n) is 4.85. The van der Waals surface area contributed by atoms with Gasteiger partial charge in [0.05, 0.1) is 19.3 Å². The Balaban J connectivity index is 1.80. The summed E-state index contributed by atoms with van der Waals surface area (Å²) in [5.41, 5.74) is -0.323. The molecule has 3 N–H and O–H groups in total. The Labute approximate surface area is 159 Å². The van der Waals surface area contributed by atoms with Crippen LogP contribution in [0.15, 0.2) is 42.6 Å². The van der Waals surface area contributed by atoms with Crippen molar-refractivity contribution in [3.05, 3.63) is 59.4 Å². The molecular formula is C19H19F3N2O4. The van der Waals surface area contributed by atoms with Crippen LogP contribution in [-0.4, -0.2) is 46.5 Å². The fourth-order valence-electron chi connectivity index (χ4n) is 3.32. The molecule has 9 heteroatoms. The van der Waals surface area contributed by atoms with E-state index in [2.05, 4.69) is 10.3 Å². The van der Waals surface area contributed by atoms with Gasteiger partial charge in [-0.1, -0.05) is 6.07 Å². The van der Waals surface area contributed by atoms with Crippen molar-refractivity contribution in [2.75, 3.05) is 7.11 Å². The molecule has 0 radical (unpaired) electrons. The minimum atomic E-state index is -4.56. The van der Waals surface area contributed by atoms with Crippen LogP contribution >= 0.6 is 0 Å². The highest BCUT2D eigenvalue weighted by atomic mass is 19.4. The highest BCUT2D eigenvalue weighted by Gasteiger charge is 2.43. The Morgan fingerprint density at radius 3 is 2.39 bits per heavy atom. The van der Waals surface area contributed by atoms with Crippen molar-refractivity contribution in [2.24, 2.45) is 0 Å².